The van der Waals surface area contributed by atoms with Gasteiger partial charge in [-0.05, 0) is 42.2 Å². The third kappa shape index (κ3) is 4.15. The van der Waals surface area contributed by atoms with E-state index in [0.717, 1.165) is 18.5 Å². The average molecular weight is 327 g/mol. The number of aromatic hydroxyl groups is 1. The van der Waals surface area contributed by atoms with Crippen LogP contribution in [0, 0.1) is 0 Å². The van der Waals surface area contributed by atoms with E-state index in [0.29, 0.717) is 25.5 Å². The highest BCUT2D eigenvalue weighted by Gasteiger charge is 2.25. The Balaban J connectivity index is 1.50. The van der Waals surface area contributed by atoms with Crippen molar-refractivity contribution in [2.24, 2.45) is 0 Å². The summed E-state index contributed by atoms with van der Waals surface area (Å²) >= 11 is 0. The minimum Gasteiger partial charge on any atom is -0.508 e. The maximum absolute atomic E-state index is 10.3. The number of phenolic OH excluding ortho intramolecular Hbond substituents is 1. The highest BCUT2D eigenvalue weighted by molar-refractivity contribution is 5.38. The zero-order valence-electron chi connectivity index (χ0n) is 14.1. The smallest absolute Gasteiger partial charge is 0.115 e. The van der Waals surface area contributed by atoms with Crippen molar-refractivity contribution in [2.45, 2.75) is 32.1 Å². The molecule has 24 heavy (non-hydrogen) atoms. The lowest BCUT2D eigenvalue weighted by Crippen LogP contribution is -2.40. The van der Waals surface area contributed by atoms with E-state index in [-0.39, 0.29) is 6.04 Å². The zero-order chi connectivity index (χ0) is 16.9. The lowest BCUT2D eigenvalue weighted by Gasteiger charge is -2.36. The van der Waals surface area contributed by atoms with Crippen molar-refractivity contribution >= 4 is 0 Å². The number of hydrogen-bond donors (Lipinski definition) is 2. The number of β-amino-alcohol motifs (C(OH)–C–C–N with tert-alkyl or cyclic N) is 1. The van der Waals surface area contributed by atoms with E-state index in [1.165, 1.54) is 11.1 Å². The summed E-state index contributed by atoms with van der Waals surface area (Å²) < 4.78 is 5.63. The first-order valence-corrected chi connectivity index (χ1v) is 8.49. The Morgan fingerprint density at radius 2 is 2.00 bits per heavy atom. The van der Waals surface area contributed by atoms with Gasteiger partial charge in [0.1, 0.15) is 5.75 Å². The van der Waals surface area contributed by atoms with Crippen molar-refractivity contribution in [3.63, 3.8) is 0 Å². The van der Waals surface area contributed by atoms with Crippen LogP contribution in [0.5, 0.6) is 5.75 Å². The fourth-order valence-electron chi connectivity index (χ4n) is 3.33. The molecule has 128 valence electrons. The molecule has 1 aliphatic heterocycles. The van der Waals surface area contributed by atoms with Gasteiger partial charge in [0, 0.05) is 19.1 Å². The van der Waals surface area contributed by atoms with Crippen LogP contribution in [-0.4, -0.2) is 40.9 Å². The van der Waals surface area contributed by atoms with Gasteiger partial charge in [-0.1, -0.05) is 36.4 Å². The molecule has 0 radical (unpaired) electrons. The first-order valence-electron chi connectivity index (χ1n) is 8.49. The van der Waals surface area contributed by atoms with Crippen LogP contribution in [0.4, 0.5) is 0 Å². The quantitative estimate of drug-likeness (QED) is 0.857. The van der Waals surface area contributed by atoms with Crippen molar-refractivity contribution in [2.75, 3.05) is 19.7 Å². The Labute approximate surface area is 143 Å². The third-order valence-corrected chi connectivity index (χ3v) is 4.66. The average Bonchev–Trinajstić information content (AvgIpc) is 2.58. The molecule has 1 unspecified atom stereocenters. The number of benzene rings is 2. The fraction of sp³-hybridized carbons (Fsp3) is 0.400. The Kier molecular flexibility index (Phi) is 5.51. The number of aliphatic hydroxyl groups excluding tert-OH is 1. The lowest BCUT2D eigenvalue weighted by molar-refractivity contribution is 0.00208. The molecule has 0 spiro atoms. The van der Waals surface area contributed by atoms with E-state index in [4.69, 9.17) is 4.74 Å². The van der Waals surface area contributed by atoms with Crippen LogP contribution in [0.3, 0.4) is 0 Å². The number of hydrogen-bond acceptors (Lipinski definition) is 4. The summed E-state index contributed by atoms with van der Waals surface area (Å²) in [7, 11) is 0. The van der Waals surface area contributed by atoms with Crippen LogP contribution in [0.1, 0.15) is 29.7 Å². The number of nitrogens with zero attached hydrogens (tertiary/aromatic N) is 1. The van der Waals surface area contributed by atoms with Crippen LogP contribution >= 0.6 is 0 Å². The predicted octanol–water partition coefficient (Wildman–Crippen LogP) is 2.89. The third-order valence-electron chi connectivity index (χ3n) is 4.66. The van der Waals surface area contributed by atoms with Gasteiger partial charge >= 0.3 is 0 Å². The minimum atomic E-state index is -0.505. The van der Waals surface area contributed by atoms with Gasteiger partial charge in [-0.25, -0.2) is 0 Å². The molecular formula is C20H25NO3. The van der Waals surface area contributed by atoms with Gasteiger partial charge in [-0.3, -0.25) is 4.90 Å². The molecule has 2 N–H and O–H groups in total. The van der Waals surface area contributed by atoms with Crippen molar-refractivity contribution in [3.8, 4) is 5.75 Å². The second-order valence-corrected chi connectivity index (χ2v) is 6.46. The molecule has 4 nitrogen and oxygen atoms in total. The van der Waals surface area contributed by atoms with Crippen molar-refractivity contribution in [1.82, 2.24) is 4.90 Å². The highest BCUT2D eigenvalue weighted by Crippen LogP contribution is 2.31. The molecule has 2 aromatic rings. The van der Waals surface area contributed by atoms with Crippen LogP contribution in [0.15, 0.2) is 48.5 Å². The number of aliphatic hydroxyl groups is 1. The van der Waals surface area contributed by atoms with Gasteiger partial charge in [-0.15, -0.1) is 0 Å². The monoisotopic (exact) mass is 327 g/mol. The zero-order valence-corrected chi connectivity index (χ0v) is 14.1. The van der Waals surface area contributed by atoms with Crippen molar-refractivity contribution in [3.05, 3.63) is 65.2 Å². The summed E-state index contributed by atoms with van der Waals surface area (Å²) in [5, 5.41) is 19.9. The van der Waals surface area contributed by atoms with E-state index in [2.05, 4.69) is 11.8 Å². The molecular weight excluding hydrogens is 302 g/mol. The second kappa shape index (κ2) is 7.79. The molecule has 0 aromatic heterocycles. The van der Waals surface area contributed by atoms with E-state index >= 15 is 0 Å². The molecule has 0 saturated carbocycles. The first kappa shape index (κ1) is 17.0. The predicted molar refractivity (Wildman–Crippen MR) is 93.9 cm³/mol. The standard InChI is InChI=1S/C20H25NO3/c1-15-20-8-7-18(22)11-17(20)9-10-21(15)12-19(23)14-24-13-16-5-3-2-4-6-16/h2-8,11,15,19,22-23H,9-10,12-14H2,1H3/t15?,19-/m1/s1. The summed E-state index contributed by atoms with van der Waals surface area (Å²) in [6.07, 6.45) is 0.390. The summed E-state index contributed by atoms with van der Waals surface area (Å²) in [4.78, 5) is 2.27. The fourth-order valence-corrected chi connectivity index (χ4v) is 3.33. The Bertz CT molecular complexity index is 659. The van der Waals surface area contributed by atoms with E-state index in [1.807, 2.05) is 42.5 Å². The van der Waals surface area contributed by atoms with Gasteiger partial charge in [0.15, 0.2) is 0 Å². The van der Waals surface area contributed by atoms with Gasteiger partial charge in [-0.2, -0.15) is 0 Å². The minimum absolute atomic E-state index is 0.234. The number of phenols is 1. The van der Waals surface area contributed by atoms with Crippen LogP contribution < -0.4 is 0 Å². The molecule has 2 atom stereocenters. The Morgan fingerprint density at radius 1 is 1.21 bits per heavy atom. The molecule has 2 aromatic carbocycles. The first-order chi connectivity index (χ1) is 11.6. The summed E-state index contributed by atoms with van der Waals surface area (Å²) in [5.41, 5.74) is 3.55. The molecule has 3 rings (SSSR count). The molecule has 0 aliphatic carbocycles. The summed E-state index contributed by atoms with van der Waals surface area (Å²) in [6.45, 7) is 4.48. The van der Waals surface area contributed by atoms with Crippen LogP contribution in [0.25, 0.3) is 0 Å². The van der Waals surface area contributed by atoms with E-state index in [1.54, 1.807) is 6.07 Å². The van der Waals surface area contributed by atoms with Gasteiger partial charge in [0.25, 0.3) is 0 Å². The maximum Gasteiger partial charge on any atom is 0.115 e. The molecule has 0 bridgehead atoms. The molecule has 1 heterocycles. The lowest BCUT2D eigenvalue weighted by atomic mass is 9.93. The number of fused-ring (bicyclic) bond motifs is 1. The molecule has 0 saturated heterocycles. The van der Waals surface area contributed by atoms with Gasteiger partial charge in [0.2, 0.25) is 0 Å². The molecule has 0 amide bonds. The largest absolute Gasteiger partial charge is 0.508 e. The topological polar surface area (TPSA) is 52.9 Å². The van der Waals surface area contributed by atoms with Crippen molar-refractivity contribution < 1.29 is 14.9 Å². The maximum atomic E-state index is 10.3. The molecule has 1 aliphatic rings. The van der Waals surface area contributed by atoms with Crippen molar-refractivity contribution in [1.29, 1.82) is 0 Å². The molecule has 0 fully saturated rings. The summed E-state index contributed by atoms with van der Waals surface area (Å²) in [6, 6.07) is 15.8. The number of rotatable bonds is 6. The van der Waals surface area contributed by atoms with Gasteiger partial charge in [0.05, 0.1) is 19.3 Å². The van der Waals surface area contributed by atoms with E-state index < -0.39 is 6.10 Å². The SMILES string of the molecule is CC1c2ccc(O)cc2CCN1C[C@@H](O)COCc1ccccc1. The Hall–Kier alpha value is -1.88. The number of ether oxygens (including phenoxy) is 1. The highest BCUT2D eigenvalue weighted by atomic mass is 16.5. The van der Waals surface area contributed by atoms with Crippen LogP contribution in [0.2, 0.25) is 0 Å². The van der Waals surface area contributed by atoms with Crippen LogP contribution in [-0.2, 0) is 17.8 Å². The normalized spacial score (nSPS) is 19.0. The summed E-state index contributed by atoms with van der Waals surface area (Å²) in [5.74, 6) is 0.323. The van der Waals surface area contributed by atoms with E-state index in [9.17, 15) is 10.2 Å². The molecule has 4 heteroatoms. The van der Waals surface area contributed by atoms with Gasteiger partial charge < -0.3 is 14.9 Å². The Morgan fingerprint density at radius 3 is 2.79 bits per heavy atom. The second-order valence-electron chi connectivity index (χ2n) is 6.46.